The third kappa shape index (κ3) is 1.87. The van der Waals surface area contributed by atoms with Crippen molar-refractivity contribution in [2.24, 2.45) is 4.99 Å². The highest BCUT2D eigenvalue weighted by atomic mass is 16.5. The van der Waals surface area contributed by atoms with Gasteiger partial charge in [-0.1, -0.05) is 18.2 Å². The van der Waals surface area contributed by atoms with Crippen molar-refractivity contribution in [3.8, 4) is 0 Å². The molecule has 5 N–H and O–H groups in total. The lowest BCUT2D eigenvalue weighted by Crippen LogP contribution is -2.52. The second kappa shape index (κ2) is 4.71. The summed E-state index contributed by atoms with van der Waals surface area (Å²) in [5.74, 6) is 0. The molecule has 0 radical (unpaired) electrons. The largest absolute Gasteiger partial charge is 0.456 e. The van der Waals surface area contributed by atoms with E-state index in [4.69, 9.17) is 4.74 Å². The number of hydrogen-bond donors (Lipinski definition) is 5. The first-order valence-electron chi connectivity index (χ1n) is 6.32. The molecule has 1 aromatic rings. The second-order valence-corrected chi connectivity index (χ2v) is 5.04. The minimum atomic E-state index is -1.92. The maximum absolute atomic E-state index is 10.2. The van der Waals surface area contributed by atoms with E-state index in [0.717, 1.165) is 5.69 Å². The van der Waals surface area contributed by atoms with Crippen LogP contribution in [0.25, 0.3) is 0 Å². The van der Waals surface area contributed by atoms with Crippen molar-refractivity contribution in [3.05, 3.63) is 30.3 Å². The van der Waals surface area contributed by atoms with Crippen LogP contribution in [0.1, 0.15) is 0 Å². The van der Waals surface area contributed by atoms with E-state index in [-0.39, 0.29) is 6.02 Å². The molecule has 1 heterocycles. The molecule has 0 aromatic heterocycles. The molecule has 20 heavy (non-hydrogen) atoms. The van der Waals surface area contributed by atoms with Crippen LogP contribution in [-0.4, -0.2) is 63.0 Å². The number of rotatable bonds is 2. The number of nitrogens with zero attached hydrogens (tertiary/aromatic N) is 1. The van der Waals surface area contributed by atoms with E-state index in [2.05, 4.69) is 10.3 Å². The molecule has 108 valence electrons. The third-order valence-electron chi connectivity index (χ3n) is 3.77. The van der Waals surface area contributed by atoms with Crippen LogP contribution in [0.3, 0.4) is 0 Å². The Labute approximate surface area is 115 Å². The van der Waals surface area contributed by atoms with Gasteiger partial charge < -0.3 is 30.5 Å². The molecular formula is C13H16N2O5. The average molecular weight is 280 g/mol. The molecular weight excluding hydrogens is 264 g/mol. The molecule has 1 aliphatic carbocycles. The number of nitrogens with one attached hydrogen (secondary N) is 1. The summed E-state index contributed by atoms with van der Waals surface area (Å²) >= 11 is 0. The quantitative estimate of drug-likeness (QED) is 0.459. The van der Waals surface area contributed by atoms with E-state index in [1.807, 2.05) is 30.3 Å². The number of aliphatic imine (C=N–C) groups is 1. The molecule has 1 saturated carbocycles. The first-order valence-corrected chi connectivity index (χ1v) is 6.32. The van der Waals surface area contributed by atoms with E-state index < -0.39 is 36.6 Å². The maximum Gasteiger partial charge on any atom is 0.290 e. The van der Waals surface area contributed by atoms with Gasteiger partial charge in [-0.15, -0.1) is 0 Å². The van der Waals surface area contributed by atoms with Crippen LogP contribution in [0.2, 0.25) is 0 Å². The van der Waals surface area contributed by atoms with Gasteiger partial charge in [-0.3, -0.25) is 0 Å². The van der Waals surface area contributed by atoms with E-state index >= 15 is 0 Å². The summed E-state index contributed by atoms with van der Waals surface area (Å²) in [5, 5.41) is 42.0. The Bertz CT molecular complexity index is 523. The van der Waals surface area contributed by atoms with Crippen molar-refractivity contribution in [2.45, 2.75) is 30.0 Å². The van der Waals surface area contributed by atoms with Gasteiger partial charge in [-0.05, 0) is 12.1 Å². The van der Waals surface area contributed by atoms with Crippen LogP contribution in [0, 0.1) is 0 Å². The number of hydrogen-bond acceptors (Lipinski definition) is 7. The molecule has 2 aliphatic rings. The number of ether oxygens (including phenoxy) is 1. The Hall–Kier alpha value is -1.67. The van der Waals surface area contributed by atoms with Gasteiger partial charge in [0, 0.05) is 5.69 Å². The number of amidine groups is 1. The normalized spacial score (nSPS) is 39.1. The molecule has 1 aromatic carbocycles. The first kappa shape index (κ1) is 13.3. The summed E-state index contributed by atoms with van der Waals surface area (Å²) < 4.78 is 5.45. The Kier molecular flexibility index (Phi) is 3.14. The zero-order valence-corrected chi connectivity index (χ0v) is 10.5. The van der Waals surface area contributed by atoms with Gasteiger partial charge in [-0.2, -0.15) is 0 Å². The fourth-order valence-corrected chi connectivity index (χ4v) is 2.62. The topological polar surface area (TPSA) is 115 Å². The average Bonchev–Trinajstić information content (AvgIpc) is 2.96. The van der Waals surface area contributed by atoms with Gasteiger partial charge in [-0.25, -0.2) is 4.99 Å². The van der Waals surface area contributed by atoms with Gasteiger partial charge in [0.25, 0.3) is 6.02 Å². The predicted molar refractivity (Wildman–Crippen MR) is 70.2 cm³/mol. The highest BCUT2D eigenvalue weighted by Crippen LogP contribution is 2.38. The van der Waals surface area contributed by atoms with Crippen molar-refractivity contribution in [1.82, 2.24) is 0 Å². The maximum atomic E-state index is 10.2. The zero-order valence-electron chi connectivity index (χ0n) is 10.5. The number of fused-ring (bicyclic) bond motifs is 1. The standard InChI is InChI=1S/C13H16N2O5/c16-6-13(19)10(18)9(17)8-11(13)20-12(15-8)14-7-4-2-1-3-5-7/h1-5,8-11,16-19H,6H2,(H,14,15). The first-order chi connectivity index (χ1) is 9.56. The number of benzene rings is 1. The molecule has 0 spiro atoms. The van der Waals surface area contributed by atoms with Crippen molar-refractivity contribution >= 4 is 11.7 Å². The predicted octanol–water partition coefficient (Wildman–Crippen LogP) is -1.32. The van der Waals surface area contributed by atoms with Crippen LogP contribution in [0.4, 0.5) is 5.69 Å². The van der Waals surface area contributed by atoms with Crippen LogP contribution in [0.15, 0.2) is 35.3 Å². The van der Waals surface area contributed by atoms with Crippen molar-refractivity contribution in [1.29, 1.82) is 0 Å². The molecule has 0 saturated heterocycles. The van der Waals surface area contributed by atoms with Crippen LogP contribution in [-0.2, 0) is 4.74 Å². The van der Waals surface area contributed by atoms with Gasteiger partial charge >= 0.3 is 0 Å². The van der Waals surface area contributed by atoms with Crippen molar-refractivity contribution in [3.63, 3.8) is 0 Å². The molecule has 0 amide bonds. The Morgan fingerprint density at radius 2 is 1.95 bits per heavy atom. The van der Waals surface area contributed by atoms with Crippen LogP contribution in [0.5, 0.6) is 0 Å². The zero-order chi connectivity index (χ0) is 14.3. The molecule has 1 fully saturated rings. The summed E-state index contributed by atoms with van der Waals surface area (Å²) in [6.07, 6.45) is -3.76. The lowest BCUT2D eigenvalue weighted by atomic mass is 9.98. The fraction of sp³-hybridized carbons (Fsp3) is 0.462. The minimum Gasteiger partial charge on any atom is -0.456 e. The van der Waals surface area contributed by atoms with Crippen molar-refractivity contribution < 1.29 is 25.2 Å². The van der Waals surface area contributed by atoms with Crippen LogP contribution >= 0.6 is 0 Å². The smallest absolute Gasteiger partial charge is 0.290 e. The Balaban J connectivity index is 1.80. The van der Waals surface area contributed by atoms with E-state index in [1.165, 1.54) is 0 Å². The van der Waals surface area contributed by atoms with Gasteiger partial charge in [0.2, 0.25) is 0 Å². The summed E-state index contributed by atoms with van der Waals surface area (Å²) in [6.45, 7) is -0.722. The van der Waals surface area contributed by atoms with Crippen molar-refractivity contribution in [2.75, 3.05) is 11.9 Å². The highest BCUT2D eigenvalue weighted by molar-refractivity contribution is 5.90. The van der Waals surface area contributed by atoms with Gasteiger partial charge in [0.15, 0.2) is 11.7 Å². The third-order valence-corrected chi connectivity index (χ3v) is 3.77. The van der Waals surface area contributed by atoms with E-state index in [0.29, 0.717) is 0 Å². The minimum absolute atomic E-state index is 0.143. The molecule has 0 bridgehead atoms. The lowest BCUT2D eigenvalue weighted by molar-refractivity contribution is -0.143. The molecule has 7 heteroatoms. The molecule has 5 atom stereocenters. The highest BCUT2D eigenvalue weighted by Gasteiger charge is 2.63. The number of aliphatic hydroxyl groups is 4. The summed E-state index contributed by atoms with van der Waals surface area (Å²) in [4.78, 5) is 4.12. The number of aliphatic hydroxyl groups excluding tert-OH is 3. The molecule has 7 nitrogen and oxygen atoms in total. The molecule has 1 aliphatic heterocycles. The summed E-state index contributed by atoms with van der Waals surface area (Å²) in [6, 6.07) is 8.48. The lowest BCUT2D eigenvalue weighted by Gasteiger charge is -2.29. The number of para-hydroxylation sites is 1. The Morgan fingerprint density at radius 1 is 1.25 bits per heavy atom. The Morgan fingerprint density at radius 3 is 2.60 bits per heavy atom. The second-order valence-electron chi connectivity index (χ2n) is 5.04. The van der Waals surface area contributed by atoms with Crippen LogP contribution < -0.4 is 5.32 Å². The fourth-order valence-electron chi connectivity index (χ4n) is 2.62. The van der Waals surface area contributed by atoms with E-state index in [9.17, 15) is 20.4 Å². The van der Waals surface area contributed by atoms with E-state index in [1.54, 1.807) is 0 Å². The van der Waals surface area contributed by atoms with Gasteiger partial charge in [0.05, 0.1) is 6.61 Å². The summed E-state index contributed by atoms with van der Waals surface area (Å²) in [5.41, 5.74) is -1.18. The summed E-state index contributed by atoms with van der Waals surface area (Å²) in [7, 11) is 0. The number of anilines is 1. The molecule has 5 unspecified atom stereocenters. The monoisotopic (exact) mass is 280 g/mol. The molecule has 3 rings (SSSR count). The SMILES string of the molecule is OCC1(O)C(O)C(O)C2N=C(Nc3ccccc3)OC21. The van der Waals surface area contributed by atoms with Gasteiger partial charge in [0.1, 0.15) is 18.2 Å².